The highest BCUT2D eigenvalue weighted by molar-refractivity contribution is 7.14. The highest BCUT2D eigenvalue weighted by atomic mass is 32.1. The summed E-state index contributed by atoms with van der Waals surface area (Å²) in [6.45, 7) is 4.24. The summed E-state index contributed by atoms with van der Waals surface area (Å²) in [4.78, 5) is 20.9. The van der Waals surface area contributed by atoms with Gasteiger partial charge in [0.25, 0.3) is 0 Å². The lowest BCUT2D eigenvalue weighted by atomic mass is 10.0. The van der Waals surface area contributed by atoms with E-state index in [0.29, 0.717) is 11.0 Å². The van der Waals surface area contributed by atoms with Crippen molar-refractivity contribution in [3.63, 3.8) is 0 Å². The van der Waals surface area contributed by atoms with Crippen LogP contribution in [0.2, 0.25) is 0 Å². The zero-order valence-electron chi connectivity index (χ0n) is 16.7. The van der Waals surface area contributed by atoms with Crippen LogP contribution < -0.4 is 10.1 Å². The quantitative estimate of drug-likeness (QED) is 0.434. The van der Waals surface area contributed by atoms with Gasteiger partial charge in [-0.3, -0.25) is 4.79 Å². The molecule has 29 heavy (non-hydrogen) atoms. The third kappa shape index (κ3) is 4.05. The summed E-state index contributed by atoms with van der Waals surface area (Å²) in [5.74, 6) is 1.16. The minimum Gasteiger partial charge on any atom is -0.497 e. The van der Waals surface area contributed by atoms with Crippen molar-refractivity contribution in [1.29, 1.82) is 0 Å². The highest BCUT2D eigenvalue weighted by Gasteiger charge is 2.22. The largest absolute Gasteiger partial charge is 0.497 e. The number of H-pyrrole nitrogens is 1. The van der Waals surface area contributed by atoms with E-state index in [9.17, 15) is 4.79 Å². The fourth-order valence-corrected chi connectivity index (χ4v) is 4.16. The number of rotatable bonds is 7. The Morgan fingerprint density at radius 1 is 1.31 bits per heavy atom. The first-order valence-electron chi connectivity index (χ1n) is 9.59. The number of methoxy groups -OCH3 is 1. The summed E-state index contributed by atoms with van der Waals surface area (Å²) >= 11 is 1.43. The standard InChI is InChI=1S/C22H24N4O2S/c1-14(2)10-20(26-8-4-5-9-26)21(27)25-22-24-19(13-29-22)17-12-23-18-7-6-15(28-3)11-16(17)18/h4-9,11-14,20,23H,10H2,1-3H3,(H,24,25,27)/t20-/m0/s1. The lowest BCUT2D eigenvalue weighted by Gasteiger charge is -2.19. The van der Waals surface area contributed by atoms with Crippen molar-refractivity contribution in [1.82, 2.24) is 14.5 Å². The van der Waals surface area contributed by atoms with Gasteiger partial charge in [-0.15, -0.1) is 11.3 Å². The third-order valence-electron chi connectivity index (χ3n) is 4.88. The molecule has 0 radical (unpaired) electrons. The minimum absolute atomic E-state index is 0.0450. The van der Waals surface area contributed by atoms with Gasteiger partial charge in [-0.2, -0.15) is 0 Å². The van der Waals surface area contributed by atoms with E-state index in [1.165, 1.54) is 11.3 Å². The molecule has 0 spiro atoms. The van der Waals surface area contributed by atoms with Crippen LogP contribution in [0.4, 0.5) is 5.13 Å². The van der Waals surface area contributed by atoms with Crippen LogP contribution in [0, 0.1) is 5.92 Å². The predicted molar refractivity (Wildman–Crippen MR) is 118 cm³/mol. The maximum atomic E-state index is 13.0. The Morgan fingerprint density at radius 2 is 2.10 bits per heavy atom. The van der Waals surface area contributed by atoms with Crippen molar-refractivity contribution in [2.75, 3.05) is 12.4 Å². The van der Waals surface area contributed by atoms with Gasteiger partial charge in [0.05, 0.1) is 12.8 Å². The average molecular weight is 409 g/mol. The number of nitrogens with zero attached hydrogens (tertiary/aromatic N) is 2. The molecule has 0 aliphatic heterocycles. The summed E-state index contributed by atoms with van der Waals surface area (Å²) in [5.41, 5.74) is 2.83. The first-order valence-corrected chi connectivity index (χ1v) is 10.5. The van der Waals surface area contributed by atoms with Crippen molar-refractivity contribution < 1.29 is 9.53 Å². The van der Waals surface area contributed by atoms with Crippen LogP contribution in [0.5, 0.6) is 5.75 Å². The Hall–Kier alpha value is -3.06. The van der Waals surface area contributed by atoms with Gasteiger partial charge < -0.3 is 19.6 Å². The lowest BCUT2D eigenvalue weighted by Crippen LogP contribution is -2.26. The van der Waals surface area contributed by atoms with Gasteiger partial charge in [-0.25, -0.2) is 4.98 Å². The van der Waals surface area contributed by atoms with E-state index in [-0.39, 0.29) is 11.9 Å². The van der Waals surface area contributed by atoms with Crippen LogP contribution in [-0.4, -0.2) is 27.6 Å². The smallest absolute Gasteiger partial charge is 0.249 e. The number of carbonyl (C=O) groups excluding carboxylic acids is 1. The molecule has 3 aromatic heterocycles. The number of aromatic nitrogens is 3. The second-order valence-corrected chi connectivity index (χ2v) is 8.27. The van der Waals surface area contributed by atoms with E-state index in [4.69, 9.17) is 4.74 Å². The molecular weight excluding hydrogens is 384 g/mol. The van der Waals surface area contributed by atoms with Crippen molar-refractivity contribution in [3.05, 3.63) is 54.3 Å². The van der Waals surface area contributed by atoms with Crippen molar-refractivity contribution in [3.8, 4) is 17.0 Å². The molecule has 0 aliphatic rings. The Morgan fingerprint density at radius 3 is 2.83 bits per heavy atom. The zero-order valence-corrected chi connectivity index (χ0v) is 17.5. The fourth-order valence-electron chi connectivity index (χ4n) is 3.45. The first kappa shape index (κ1) is 19.3. The van der Waals surface area contributed by atoms with E-state index in [1.54, 1.807) is 7.11 Å². The number of fused-ring (bicyclic) bond motifs is 1. The number of amides is 1. The molecule has 7 heteroatoms. The molecular formula is C22H24N4O2S. The van der Waals surface area contributed by atoms with Crippen molar-refractivity contribution >= 4 is 33.3 Å². The summed E-state index contributed by atoms with van der Waals surface area (Å²) in [7, 11) is 1.66. The lowest BCUT2D eigenvalue weighted by molar-refractivity contribution is -0.119. The highest BCUT2D eigenvalue weighted by Crippen LogP contribution is 2.33. The molecule has 4 aromatic rings. The van der Waals surface area contributed by atoms with Crippen LogP contribution in [-0.2, 0) is 4.79 Å². The maximum Gasteiger partial charge on any atom is 0.249 e. The van der Waals surface area contributed by atoms with Gasteiger partial charge in [0.1, 0.15) is 11.8 Å². The van der Waals surface area contributed by atoms with Crippen LogP contribution in [0.1, 0.15) is 26.3 Å². The minimum atomic E-state index is -0.255. The number of hydrogen-bond donors (Lipinski definition) is 2. The number of carbonyl (C=O) groups is 1. The number of ether oxygens (including phenoxy) is 1. The SMILES string of the molecule is COc1ccc2[nH]cc(-c3csc(NC(=O)[C@H](CC(C)C)n4cccc4)n3)c2c1. The van der Waals surface area contributed by atoms with Crippen LogP contribution in [0.3, 0.4) is 0 Å². The summed E-state index contributed by atoms with van der Waals surface area (Å²) in [6, 6.07) is 9.52. The molecule has 0 unspecified atom stereocenters. The Labute approximate surface area is 173 Å². The van der Waals surface area contributed by atoms with Crippen molar-refractivity contribution in [2.45, 2.75) is 26.3 Å². The molecule has 1 aromatic carbocycles. The predicted octanol–water partition coefficient (Wildman–Crippen LogP) is 5.33. The number of aromatic amines is 1. The number of nitrogens with one attached hydrogen (secondary N) is 2. The molecule has 2 N–H and O–H groups in total. The van der Waals surface area contributed by atoms with Gasteiger partial charge in [0, 0.05) is 40.4 Å². The Balaban J connectivity index is 1.57. The molecule has 6 nitrogen and oxygen atoms in total. The zero-order chi connectivity index (χ0) is 20.4. The topological polar surface area (TPSA) is 71.9 Å². The Kier molecular flexibility index (Phi) is 5.40. The molecule has 0 aliphatic carbocycles. The monoisotopic (exact) mass is 408 g/mol. The van der Waals surface area contributed by atoms with Crippen LogP contribution in [0.15, 0.2) is 54.3 Å². The average Bonchev–Trinajstić information content (AvgIpc) is 3.45. The molecule has 0 saturated carbocycles. The second kappa shape index (κ2) is 8.13. The number of anilines is 1. The van der Waals surface area contributed by atoms with Gasteiger partial charge in [-0.05, 0) is 42.7 Å². The molecule has 3 heterocycles. The maximum absolute atomic E-state index is 13.0. The number of hydrogen-bond acceptors (Lipinski definition) is 4. The summed E-state index contributed by atoms with van der Waals surface area (Å²) < 4.78 is 7.30. The third-order valence-corrected chi connectivity index (χ3v) is 5.64. The van der Waals surface area contributed by atoms with E-state index in [2.05, 4.69) is 29.1 Å². The van der Waals surface area contributed by atoms with E-state index >= 15 is 0 Å². The molecule has 1 atom stereocenters. The van der Waals surface area contributed by atoms with E-state index < -0.39 is 0 Å². The summed E-state index contributed by atoms with van der Waals surface area (Å²) in [5, 5.41) is 6.60. The normalized spacial score (nSPS) is 12.4. The van der Waals surface area contributed by atoms with Crippen molar-refractivity contribution in [2.24, 2.45) is 5.92 Å². The van der Waals surface area contributed by atoms with Crippen LogP contribution in [0.25, 0.3) is 22.2 Å². The van der Waals surface area contributed by atoms with Gasteiger partial charge in [0.15, 0.2) is 5.13 Å². The van der Waals surface area contributed by atoms with E-state index in [0.717, 1.165) is 34.3 Å². The number of thiazole rings is 1. The fraction of sp³-hybridized carbons (Fsp3) is 0.273. The molecule has 0 bridgehead atoms. The second-order valence-electron chi connectivity index (χ2n) is 7.42. The molecule has 1 amide bonds. The van der Waals surface area contributed by atoms with Gasteiger partial charge >= 0.3 is 0 Å². The van der Waals surface area contributed by atoms with Gasteiger partial charge in [0.2, 0.25) is 5.91 Å². The molecule has 4 rings (SSSR count). The first-order chi connectivity index (χ1) is 14.0. The molecule has 150 valence electrons. The summed E-state index contributed by atoms with van der Waals surface area (Å²) in [6.07, 6.45) is 6.56. The number of benzene rings is 1. The van der Waals surface area contributed by atoms with E-state index in [1.807, 2.05) is 58.9 Å². The van der Waals surface area contributed by atoms with Crippen LogP contribution >= 0.6 is 11.3 Å². The Bertz CT molecular complexity index is 1110. The van der Waals surface area contributed by atoms with Gasteiger partial charge in [-0.1, -0.05) is 13.8 Å². The molecule has 0 fully saturated rings. The molecule has 0 saturated heterocycles.